The lowest BCUT2D eigenvalue weighted by Crippen LogP contribution is -2.10. The Kier molecular flexibility index (Phi) is 8.24. The zero-order chi connectivity index (χ0) is 36.6. The average Bonchev–Trinajstić information content (AvgIpc) is 3.27. The van der Waals surface area contributed by atoms with E-state index in [2.05, 4.69) is 229 Å². The van der Waals surface area contributed by atoms with Crippen LogP contribution in [0.4, 0.5) is 17.1 Å². The molecular weight excluding hydrogens is 663 g/mol. The van der Waals surface area contributed by atoms with Crippen molar-refractivity contribution in [2.75, 3.05) is 4.90 Å². The second-order valence-electron chi connectivity index (χ2n) is 14.1. The van der Waals surface area contributed by atoms with E-state index in [1.165, 1.54) is 76.8 Å². The highest BCUT2D eigenvalue weighted by Crippen LogP contribution is 2.41. The molecule has 0 spiro atoms. The summed E-state index contributed by atoms with van der Waals surface area (Å²) < 4.78 is 0. The van der Waals surface area contributed by atoms with Crippen molar-refractivity contribution >= 4 is 49.4 Å². The Morgan fingerprint density at radius 1 is 0.218 bits per heavy atom. The van der Waals surface area contributed by atoms with Gasteiger partial charge in [0.1, 0.15) is 0 Å². The van der Waals surface area contributed by atoms with Gasteiger partial charge < -0.3 is 4.90 Å². The van der Waals surface area contributed by atoms with Crippen molar-refractivity contribution in [2.24, 2.45) is 0 Å². The highest BCUT2D eigenvalue weighted by atomic mass is 15.1. The molecule has 0 amide bonds. The van der Waals surface area contributed by atoms with Gasteiger partial charge in [-0.3, -0.25) is 0 Å². The summed E-state index contributed by atoms with van der Waals surface area (Å²) in [4.78, 5) is 2.37. The van der Waals surface area contributed by atoms with Gasteiger partial charge in [0.2, 0.25) is 0 Å². The van der Waals surface area contributed by atoms with Gasteiger partial charge in [-0.25, -0.2) is 0 Å². The van der Waals surface area contributed by atoms with Crippen molar-refractivity contribution < 1.29 is 0 Å². The van der Waals surface area contributed by atoms with Crippen LogP contribution >= 0.6 is 0 Å². The smallest absolute Gasteiger partial charge is 0.0467 e. The molecule has 0 N–H and O–H groups in total. The number of benzene rings is 10. The molecule has 10 rings (SSSR count). The van der Waals surface area contributed by atoms with Crippen molar-refractivity contribution in [1.29, 1.82) is 0 Å². The van der Waals surface area contributed by atoms with Crippen LogP contribution in [0.5, 0.6) is 0 Å². The molecule has 0 unspecified atom stereocenters. The Bertz CT molecular complexity index is 2950. The third kappa shape index (κ3) is 6.12. The Morgan fingerprint density at radius 3 is 1.45 bits per heavy atom. The Labute approximate surface area is 322 Å². The SMILES string of the molecule is c1ccc(-c2ccc(N(c3ccc(-c4cccc(-c5cccc6ccccc56)c4)cc3)c3cccc(-c4cc5ccccc5c5ccccc45)c3)cc2)cc1. The average molecular weight is 700 g/mol. The first-order valence-electron chi connectivity index (χ1n) is 18.9. The lowest BCUT2D eigenvalue weighted by atomic mass is 9.93. The number of anilines is 3. The molecule has 55 heavy (non-hydrogen) atoms. The van der Waals surface area contributed by atoms with Crippen molar-refractivity contribution in [1.82, 2.24) is 0 Å². The van der Waals surface area contributed by atoms with Gasteiger partial charge in [0.15, 0.2) is 0 Å². The predicted octanol–water partition coefficient (Wildman–Crippen LogP) is 15.3. The molecule has 0 saturated heterocycles. The summed E-state index contributed by atoms with van der Waals surface area (Å²) in [6, 6.07) is 81.4. The Hall–Kier alpha value is -7.22. The lowest BCUT2D eigenvalue weighted by molar-refractivity contribution is 1.28. The lowest BCUT2D eigenvalue weighted by Gasteiger charge is -2.26. The normalized spacial score (nSPS) is 11.3. The molecule has 10 aromatic carbocycles. The van der Waals surface area contributed by atoms with Crippen molar-refractivity contribution in [3.8, 4) is 44.5 Å². The number of hydrogen-bond donors (Lipinski definition) is 0. The minimum atomic E-state index is 1.10. The van der Waals surface area contributed by atoms with Gasteiger partial charge in [-0.1, -0.05) is 176 Å². The minimum absolute atomic E-state index is 1.10. The molecule has 0 atom stereocenters. The van der Waals surface area contributed by atoms with Crippen LogP contribution in [-0.4, -0.2) is 0 Å². The van der Waals surface area contributed by atoms with E-state index in [4.69, 9.17) is 0 Å². The summed E-state index contributed by atoms with van der Waals surface area (Å²) in [5.74, 6) is 0. The molecule has 0 heterocycles. The van der Waals surface area contributed by atoms with Crippen LogP contribution in [0, 0.1) is 0 Å². The number of fused-ring (bicyclic) bond motifs is 4. The molecule has 0 radical (unpaired) electrons. The standard InChI is InChI=1S/C54H37N/c1-2-13-38(14-3-1)39-27-31-46(32-28-39)55(48-21-11-20-44(36-48)54-37-45-16-5-7-23-51(45)52-24-8-9-25-53(52)54)47-33-29-40(30-34-47)42-18-10-19-43(35-42)50-26-12-17-41-15-4-6-22-49(41)50/h1-37H. The minimum Gasteiger partial charge on any atom is -0.310 e. The molecule has 0 aliphatic rings. The van der Waals surface area contributed by atoms with Crippen LogP contribution in [0.15, 0.2) is 224 Å². The maximum Gasteiger partial charge on any atom is 0.0467 e. The van der Waals surface area contributed by atoms with Crippen LogP contribution in [0.3, 0.4) is 0 Å². The van der Waals surface area contributed by atoms with Crippen LogP contribution in [-0.2, 0) is 0 Å². The molecule has 10 aromatic rings. The predicted molar refractivity (Wildman–Crippen MR) is 235 cm³/mol. The molecule has 0 fully saturated rings. The van der Waals surface area contributed by atoms with Gasteiger partial charge in [-0.15, -0.1) is 0 Å². The molecule has 1 nitrogen and oxygen atoms in total. The first kappa shape index (κ1) is 32.4. The number of rotatable bonds is 7. The highest BCUT2D eigenvalue weighted by Gasteiger charge is 2.16. The monoisotopic (exact) mass is 699 g/mol. The third-order valence-electron chi connectivity index (χ3n) is 10.8. The maximum absolute atomic E-state index is 2.37. The van der Waals surface area contributed by atoms with Crippen molar-refractivity contribution in [2.45, 2.75) is 0 Å². The van der Waals surface area contributed by atoms with Crippen LogP contribution < -0.4 is 4.90 Å². The van der Waals surface area contributed by atoms with E-state index in [-0.39, 0.29) is 0 Å². The summed E-state index contributed by atoms with van der Waals surface area (Å²) in [5.41, 5.74) is 13.0. The van der Waals surface area contributed by atoms with E-state index >= 15 is 0 Å². The summed E-state index contributed by atoms with van der Waals surface area (Å²) >= 11 is 0. The molecule has 0 aromatic heterocycles. The van der Waals surface area contributed by atoms with E-state index in [1.54, 1.807) is 0 Å². The quantitative estimate of drug-likeness (QED) is 0.150. The summed E-state index contributed by atoms with van der Waals surface area (Å²) in [7, 11) is 0. The van der Waals surface area contributed by atoms with E-state index in [0.717, 1.165) is 17.1 Å². The summed E-state index contributed by atoms with van der Waals surface area (Å²) in [6.07, 6.45) is 0. The third-order valence-corrected chi connectivity index (χ3v) is 10.8. The van der Waals surface area contributed by atoms with Gasteiger partial charge in [0, 0.05) is 17.1 Å². The fraction of sp³-hybridized carbons (Fsp3) is 0. The van der Waals surface area contributed by atoms with Crippen LogP contribution in [0.2, 0.25) is 0 Å². The molecule has 258 valence electrons. The first-order chi connectivity index (χ1) is 27.3. The highest BCUT2D eigenvalue weighted by molar-refractivity contribution is 6.14. The van der Waals surface area contributed by atoms with Gasteiger partial charge in [-0.05, 0) is 125 Å². The van der Waals surface area contributed by atoms with Gasteiger partial charge in [0.25, 0.3) is 0 Å². The number of nitrogens with zero attached hydrogens (tertiary/aromatic N) is 1. The van der Waals surface area contributed by atoms with Gasteiger partial charge in [-0.2, -0.15) is 0 Å². The van der Waals surface area contributed by atoms with E-state index in [0.29, 0.717) is 0 Å². The maximum atomic E-state index is 2.37. The largest absolute Gasteiger partial charge is 0.310 e. The van der Waals surface area contributed by atoms with Gasteiger partial charge in [0.05, 0.1) is 0 Å². The van der Waals surface area contributed by atoms with E-state index in [1.807, 2.05) is 0 Å². The molecule has 1 heteroatoms. The Morgan fingerprint density at radius 2 is 0.709 bits per heavy atom. The zero-order valence-corrected chi connectivity index (χ0v) is 30.3. The molecule has 0 bridgehead atoms. The van der Waals surface area contributed by atoms with Crippen molar-refractivity contribution in [3.63, 3.8) is 0 Å². The number of hydrogen-bond acceptors (Lipinski definition) is 1. The van der Waals surface area contributed by atoms with Crippen molar-refractivity contribution in [3.05, 3.63) is 224 Å². The Balaban J connectivity index is 1.07. The second kappa shape index (κ2) is 14.0. The van der Waals surface area contributed by atoms with Crippen LogP contribution in [0.25, 0.3) is 76.8 Å². The second-order valence-corrected chi connectivity index (χ2v) is 14.1. The fourth-order valence-corrected chi connectivity index (χ4v) is 8.13. The van der Waals surface area contributed by atoms with E-state index < -0.39 is 0 Å². The molecule has 0 aliphatic carbocycles. The van der Waals surface area contributed by atoms with Gasteiger partial charge >= 0.3 is 0 Å². The van der Waals surface area contributed by atoms with E-state index in [9.17, 15) is 0 Å². The fourth-order valence-electron chi connectivity index (χ4n) is 8.13. The topological polar surface area (TPSA) is 3.24 Å². The molecule has 0 saturated carbocycles. The summed E-state index contributed by atoms with van der Waals surface area (Å²) in [5, 5.41) is 7.58. The first-order valence-corrected chi connectivity index (χ1v) is 18.9. The summed E-state index contributed by atoms with van der Waals surface area (Å²) in [6.45, 7) is 0. The molecular formula is C54H37N. The van der Waals surface area contributed by atoms with Crippen LogP contribution in [0.1, 0.15) is 0 Å². The zero-order valence-electron chi connectivity index (χ0n) is 30.3. The molecule has 0 aliphatic heterocycles.